The quantitative estimate of drug-likeness (QED) is 0.758. The number of carbonyl (C=O) groups is 1. The average Bonchev–Trinajstić information content (AvgIpc) is 2.50. The molecule has 0 saturated carbocycles. The Balaban J connectivity index is 2.11. The van der Waals surface area contributed by atoms with Crippen molar-refractivity contribution < 1.29 is 9.90 Å². The summed E-state index contributed by atoms with van der Waals surface area (Å²) in [4.78, 5) is 30.2. The van der Waals surface area contributed by atoms with E-state index in [-0.39, 0.29) is 17.5 Å². The fraction of sp³-hybridized carbons (Fsp3) is 0.0625. The van der Waals surface area contributed by atoms with Crippen molar-refractivity contribution in [3.8, 4) is 0 Å². The Labute approximate surface area is 140 Å². The van der Waals surface area contributed by atoms with E-state index in [9.17, 15) is 9.59 Å². The van der Waals surface area contributed by atoms with Crippen LogP contribution in [-0.2, 0) is 6.42 Å². The number of aromatic amines is 1. The highest BCUT2D eigenvalue weighted by molar-refractivity contribution is 6.36. The van der Waals surface area contributed by atoms with Crippen molar-refractivity contribution in [3.05, 3.63) is 73.7 Å². The summed E-state index contributed by atoms with van der Waals surface area (Å²) in [6.45, 7) is 0. The van der Waals surface area contributed by atoms with Gasteiger partial charge in [0.1, 0.15) is 5.82 Å². The smallest absolute Gasteiger partial charge is 0.335 e. The third-order valence-corrected chi connectivity index (χ3v) is 4.12. The van der Waals surface area contributed by atoms with Gasteiger partial charge in [-0.05, 0) is 35.9 Å². The van der Waals surface area contributed by atoms with E-state index in [2.05, 4.69) is 9.97 Å². The van der Waals surface area contributed by atoms with Gasteiger partial charge in [-0.15, -0.1) is 0 Å². The van der Waals surface area contributed by atoms with Gasteiger partial charge in [0.05, 0.1) is 16.5 Å². The zero-order valence-electron chi connectivity index (χ0n) is 11.6. The van der Waals surface area contributed by atoms with Gasteiger partial charge >= 0.3 is 5.97 Å². The lowest BCUT2D eigenvalue weighted by Crippen LogP contribution is -2.13. The fourth-order valence-corrected chi connectivity index (χ4v) is 2.80. The predicted octanol–water partition coefficient (Wildman–Crippen LogP) is 3.52. The molecule has 3 rings (SSSR count). The molecule has 0 aliphatic heterocycles. The highest BCUT2D eigenvalue weighted by Gasteiger charge is 2.11. The molecule has 5 nitrogen and oxygen atoms in total. The Kier molecular flexibility index (Phi) is 4.07. The van der Waals surface area contributed by atoms with Gasteiger partial charge in [-0.3, -0.25) is 4.79 Å². The molecule has 1 aromatic heterocycles. The Morgan fingerprint density at radius 3 is 2.52 bits per heavy atom. The Morgan fingerprint density at radius 2 is 1.87 bits per heavy atom. The van der Waals surface area contributed by atoms with E-state index in [1.807, 2.05) is 0 Å². The van der Waals surface area contributed by atoms with Crippen LogP contribution in [0.3, 0.4) is 0 Å². The summed E-state index contributed by atoms with van der Waals surface area (Å²) in [5.41, 5.74) is 0.682. The van der Waals surface area contributed by atoms with Gasteiger partial charge in [0.25, 0.3) is 5.56 Å². The van der Waals surface area contributed by atoms with Gasteiger partial charge in [0.15, 0.2) is 0 Å². The molecule has 0 radical (unpaired) electrons. The van der Waals surface area contributed by atoms with Crippen LogP contribution in [0.15, 0.2) is 41.2 Å². The normalized spacial score (nSPS) is 10.9. The number of H-pyrrole nitrogens is 1. The van der Waals surface area contributed by atoms with Crippen molar-refractivity contribution in [1.82, 2.24) is 9.97 Å². The molecule has 116 valence electrons. The maximum absolute atomic E-state index is 12.1. The summed E-state index contributed by atoms with van der Waals surface area (Å²) in [5.74, 6) is -0.718. The average molecular weight is 349 g/mol. The van der Waals surface area contributed by atoms with Crippen molar-refractivity contribution in [2.45, 2.75) is 6.42 Å². The molecule has 0 unspecified atom stereocenters. The fourth-order valence-electron chi connectivity index (χ4n) is 2.27. The van der Waals surface area contributed by atoms with E-state index in [4.69, 9.17) is 28.3 Å². The van der Waals surface area contributed by atoms with Crippen LogP contribution in [-0.4, -0.2) is 21.0 Å². The molecule has 0 spiro atoms. The molecule has 0 bridgehead atoms. The number of nitrogens with one attached hydrogen (secondary N) is 1. The Hall–Kier alpha value is -2.37. The molecule has 0 aliphatic carbocycles. The number of nitrogens with zero attached hydrogens (tertiary/aromatic N) is 1. The molecule has 2 aromatic carbocycles. The number of carboxylic acids is 1. The largest absolute Gasteiger partial charge is 0.478 e. The van der Waals surface area contributed by atoms with Crippen LogP contribution in [0.4, 0.5) is 0 Å². The standard InChI is InChI=1S/C16H10Cl2N2O3/c17-11-2-1-3-12(18)10(11)7-14-19-13-6-8(16(22)23)4-5-9(13)15(21)20-14/h1-6H,7H2,(H,22,23)(H,19,20,21). The molecule has 0 atom stereocenters. The maximum Gasteiger partial charge on any atom is 0.335 e. The topological polar surface area (TPSA) is 83.0 Å². The summed E-state index contributed by atoms with van der Waals surface area (Å²) in [7, 11) is 0. The second kappa shape index (κ2) is 6.02. The highest BCUT2D eigenvalue weighted by Crippen LogP contribution is 2.26. The maximum atomic E-state index is 12.1. The minimum atomic E-state index is -1.08. The lowest BCUT2D eigenvalue weighted by Gasteiger charge is -2.07. The van der Waals surface area contributed by atoms with Crippen molar-refractivity contribution in [1.29, 1.82) is 0 Å². The van der Waals surface area contributed by atoms with Crippen LogP contribution in [0, 0.1) is 0 Å². The van der Waals surface area contributed by atoms with E-state index in [1.165, 1.54) is 18.2 Å². The Bertz CT molecular complexity index is 962. The number of carboxylic acid groups (broad SMARTS) is 1. The van der Waals surface area contributed by atoms with Crippen LogP contribution >= 0.6 is 23.2 Å². The number of benzene rings is 2. The second-order valence-corrected chi connectivity index (χ2v) is 5.74. The van der Waals surface area contributed by atoms with E-state index < -0.39 is 5.97 Å². The number of aromatic carboxylic acids is 1. The second-order valence-electron chi connectivity index (χ2n) is 4.93. The van der Waals surface area contributed by atoms with Crippen LogP contribution < -0.4 is 5.56 Å². The predicted molar refractivity (Wildman–Crippen MR) is 88.6 cm³/mol. The molecule has 0 aliphatic rings. The number of aromatic nitrogens is 2. The molecular weight excluding hydrogens is 339 g/mol. The van der Waals surface area contributed by atoms with Gasteiger partial charge in [0.2, 0.25) is 0 Å². The summed E-state index contributed by atoms with van der Waals surface area (Å²) in [6, 6.07) is 9.30. The summed E-state index contributed by atoms with van der Waals surface area (Å²) >= 11 is 12.2. The van der Waals surface area contributed by atoms with Gasteiger partial charge in [0, 0.05) is 16.5 Å². The molecule has 2 N–H and O–H groups in total. The first-order valence-corrected chi connectivity index (χ1v) is 7.40. The lowest BCUT2D eigenvalue weighted by molar-refractivity contribution is 0.0697. The number of hydrogen-bond donors (Lipinski definition) is 2. The third kappa shape index (κ3) is 3.06. The van der Waals surface area contributed by atoms with E-state index >= 15 is 0 Å². The van der Waals surface area contributed by atoms with E-state index in [1.54, 1.807) is 18.2 Å². The minimum Gasteiger partial charge on any atom is -0.478 e. The van der Waals surface area contributed by atoms with Crippen molar-refractivity contribution in [3.63, 3.8) is 0 Å². The van der Waals surface area contributed by atoms with E-state index in [0.29, 0.717) is 32.3 Å². The van der Waals surface area contributed by atoms with Crippen LogP contribution in [0.25, 0.3) is 10.9 Å². The summed E-state index contributed by atoms with van der Waals surface area (Å²) < 4.78 is 0. The SMILES string of the molecule is O=C(O)c1ccc2c(=O)[nH]c(Cc3c(Cl)cccc3Cl)nc2c1. The van der Waals surface area contributed by atoms with Crippen molar-refractivity contribution in [2.24, 2.45) is 0 Å². The number of halogens is 2. The molecular formula is C16H10Cl2N2O3. The zero-order valence-corrected chi connectivity index (χ0v) is 13.1. The van der Waals surface area contributed by atoms with Crippen LogP contribution in [0.1, 0.15) is 21.7 Å². The molecule has 0 saturated heterocycles. The van der Waals surface area contributed by atoms with Crippen LogP contribution in [0.2, 0.25) is 10.0 Å². The van der Waals surface area contributed by atoms with Crippen LogP contribution in [0.5, 0.6) is 0 Å². The molecule has 3 aromatic rings. The molecule has 23 heavy (non-hydrogen) atoms. The molecule has 0 fully saturated rings. The highest BCUT2D eigenvalue weighted by atomic mass is 35.5. The van der Waals surface area contributed by atoms with E-state index in [0.717, 1.165) is 0 Å². The van der Waals surface area contributed by atoms with Gasteiger partial charge in [-0.2, -0.15) is 0 Å². The van der Waals surface area contributed by atoms with Crippen molar-refractivity contribution in [2.75, 3.05) is 0 Å². The molecule has 0 amide bonds. The minimum absolute atomic E-state index is 0.0670. The monoisotopic (exact) mass is 348 g/mol. The first-order chi connectivity index (χ1) is 11.0. The zero-order chi connectivity index (χ0) is 16.6. The lowest BCUT2D eigenvalue weighted by atomic mass is 10.1. The van der Waals surface area contributed by atoms with Crippen molar-refractivity contribution >= 4 is 40.1 Å². The summed E-state index contributed by atoms with van der Waals surface area (Å²) in [5, 5.41) is 10.3. The van der Waals surface area contributed by atoms with Gasteiger partial charge in [-0.1, -0.05) is 29.3 Å². The number of fused-ring (bicyclic) bond motifs is 1. The Morgan fingerprint density at radius 1 is 1.17 bits per heavy atom. The van der Waals surface area contributed by atoms with Gasteiger partial charge < -0.3 is 10.1 Å². The number of rotatable bonds is 3. The molecule has 1 heterocycles. The summed E-state index contributed by atoms with van der Waals surface area (Å²) in [6.07, 6.45) is 0.237. The number of hydrogen-bond acceptors (Lipinski definition) is 3. The van der Waals surface area contributed by atoms with Gasteiger partial charge in [-0.25, -0.2) is 9.78 Å². The first kappa shape index (κ1) is 15.5. The molecule has 7 heteroatoms. The third-order valence-electron chi connectivity index (χ3n) is 3.41. The first-order valence-electron chi connectivity index (χ1n) is 6.65.